The molecule has 7 heavy (non-hydrogen) atoms. The molecule has 0 aliphatic carbocycles. The predicted octanol–water partition coefficient (Wildman–Crippen LogP) is -1.19. The number of rotatable bonds is 0. The first-order chi connectivity index (χ1) is 3.27. The third-order valence-electron chi connectivity index (χ3n) is 1.10. The van der Waals surface area contributed by atoms with Gasteiger partial charge in [0.05, 0.1) is 6.07 Å². The fraction of sp³-hybridized carbons (Fsp3) is 0.750. The number of hydrogen-bond acceptors (Lipinski definition) is 3. The third-order valence-corrected chi connectivity index (χ3v) is 1.10. The van der Waals surface area contributed by atoms with Gasteiger partial charge in [-0.25, -0.2) is 0 Å². The lowest BCUT2D eigenvalue weighted by atomic mass is 9.97. The summed E-state index contributed by atoms with van der Waals surface area (Å²) >= 11 is 0. The Bertz CT molecular complexity index is 109. The summed E-state index contributed by atoms with van der Waals surface area (Å²) in [4.78, 5) is 0. The van der Waals surface area contributed by atoms with Crippen LogP contribution in [-0.2, 0) is 0 Å². The largest absolute Gasteiger partial charge is 0.311 e. The van der Waals surface area contributed by atoms with Crippen molar-refractivity contribution in [3.8, 4) is 6.07 Å². The van der Waals surface area contributed by atoms with Crippen molar-refractivity contribution in [3.63, 3.8) is 0 Å². The van der Waals surface area contributed by atoms with Crippen molar-refractivity contribution >= 4 is 0 Å². The standard InChI is InChI=1S/C4H7N3/c5-1-4(6)2-7-3-4/h7H,2-3,6H2. The molecule has 1 fully saturated rings. The van der Waals surface area contributed by atoms with Gasteiger partial charge in [0.1, 0.15) is 5.54 Å². The maximum atomic E-state index is 8.23. The highest BCUT2D eigenvalue weighted by Gasteiger charge is 2.31. The number of nitriles is 1. The molecule has 0 atom stereocenters. The van der Waals surface area contributed by atoms with Crippen LogP contribution in [0.25, 0.3) is 0 Å². The van der Waals surface area contributed by atoms with Gasteiger partial charge in [-0.15, -0.1) is 0 Å². The zero-order chi connectivity index (χ0) is 5.33. The second-order valence-corrected chi connectivity index (χ2v) is 1.87. The molecule has 0 radical (unpaired) electrons. The quantitative estimate of drug-likeness (QED) is 0.399. The van der Waals surface area contributed by atoms with Gasteiger partial charge < -0.3 is 11.1 Å². The molecule has 1 saturated heterocycles. The van der Waals surface area contributed by atoms with E-state index in [9.17, 15) is 0 Å². The lowest BCUT2D eigenvalue weighted by Gasteiger charge is -2.31. The molecule has 1 aliphatic heterocycles. The van der Waals surface area contributed by atoms with Crippen LogP contribution < -0.4 is 11.1 Å². The second-order valence-electron chi connectivity index (χ2n) is 1.87. The summed E-state index contributed by atoms with van der Waals surface area (Å²) in [5.74, 6) is 0. The molecule has 0 spiro atoms. The van der Waals surface area contributed by atoms with E-state index < -0.39 is 5.54 Å². The first-order valence-corrected chi connectivity index (χ1v) is 2.18. The van der Waals surface area contributed by atoms with Crippen LogP contribution in [0.5, 0.6) is 0 Å². The Balaban J connectivity index is 2.48. The topological polar surface area (TPSA) is 61.8 Å². The molecule has 0 aromatic heterocycles. The van der Waals surface area contributed by atoms with Crippen LogP contribution in [0.2, 0.25) is 0 Å². The van der Waals surface area contributed by atoms with E-state index in [0.29, 0.717) is 13.1 Å². The van der Waals surface area contributed by atoms with Crippen LogP contribution in [0.3, 0.4) is 0 Å². The highest BCUT2D eigenvalue weighted by atomic mass is 15.1. The minimum atomic E-state index is -0.542. The minimum Gasteiger partial charge on any atom is -0.311 e. The van der Waals surface area contributed by atoms with E-state index in [1.165, 1.54) is 0 Å². The van der Waals surface area contributed by atoms with E-state index in [1.807, 2.05) is 6.07 Å². The van der Waals surface area contributed by atoms with Gasteiger partial charge >= 0.3 is 0 Å². The number of nitrogens with zero attached hydrogens (tertiary/aromatic N) is 1. The Labute approximate surface area is 42.1 Å². The molecule has 3 nitrogen and oxygen atoms in total. The Morgan fingerprint density at radius 2 is 2.29 bits per heavy atom. The molecule has 1 aliphatic rings. The fourth-order valence-electron chi connectivity index (χ4n) is 0.473. The smallest absolute Gasteiger partial charge is 0.129 e. The molecular formula is C4H7N3. The number of nitrogens with one attached hydrogen (secondary N) is 1. The van der Waals surface area contributed by atoms with Crippen molar-refractivity contribution < 1.29 is 0 Å². The summed E-state index contributed by atoms with van der Waals surface area (Å²) in [6, 6.07) is 1.99. The van der Waals surface area contributed by atoms with Crippen LogP contribution in [0, 0.1) is 11.3 Å². The van der Waals surface area contributed by atoms with E-state index in [1.54, 1.807) is 0 Å². The Morgan fingerprint density at radius 1 is 1.71 bits per heavy atom. The molecule has 0 unspecified atom stereocenters. The van der Waals surface area contributed by atoms with Crippen LogP contribution in [-0.4, -0.2) is 18.6 Å². The van der Waals surface area contributed by atoms with Crippen LogP contribution in [0.15, 0.2) is 0 Å². The van der Waals surface area contributed by atoms with Gasteiger partial charge in [0.25, 0.3) is 0 Å². The highest BCUT2D eigenvalue weighted by molar-refractivity contribution is 5.13. The van der Waals surface area contributed by atoms with Crippen molar-refractivity contribution in [1.82, 2.24) is 5.32 Å². The lowest BCUT2D eigenvalue weighted by Crippen LogP contribution is -2.64. The maximum Gasteiger partial charge on any atom is 0.129 e. The molecule has 3 N–H and O–H groups in total. The Morgan fingerprint density at radius 3 is 2.29 bits per heavy atom. The highest BCUT2D eigenvalue weighted by Crippen LogP contribution is 2.02. The van der Waals surface area contributed by atoms with E-state index in [-0.39, 0.29) is 0 Å². The number of nitrogens with two attached hydrogens (primary N) is 1. The zero-order valence-electron chi connectivity index (χ0n) is 3.94. The molecule has 0 aromatic rings. The third kappa shape index (κ3) is 0.581. The van der Waals surface area contributed by atoms with Crippen LogP contribution in [0.1, 0.15) is 0 Å². The number of hydrogen-bond donors (Lipinski definition) is 2. The van der Waals surface area contributed by atoms with Crippen molar-refractivity contribution in [2.75, 3.05) is 13.1 Å². The van der Waals surface area contributed by atoms with Gasteiger partial charge in [0, 0.05) is 13.1 Å². The summed E-state index contributed by atoms with van der Waals surface area (Å²) in [6.45, 7) is 1.28. The van der Waals surface area contributed by atoms with E-state index in [4.69, 9.17) is 11.0 Å². The van der Waals surface area contributed by atoms with Crippen molar-refractivity contribution in [1.29, 1.82) is 5.26 Å². The first-order valence-electron chi connectivity index (χ1n) is 2.18. The normalized spacial score (nSPS) is 25.1. The predicted molar refractivity (Wildman–Crippen MR) is 25.4 cm³/mol. The molecule has 1 heterocycles. The minimum absolute atomic E-state index is 0.542. The zero-order valence-corrected chi connectivity index (χ0v) is 3.94. The van der Waals surface area contributed by atoms with Gasteiger partial charge in [-0.1, -0.05) is 0 Å². The summed E-state index contributed by atoms with van der Waals surface area (Å²) in [7, 11) is 0. The van der Waals surface area contributed by atoms with E-state index in [2.05, 4.69) is 5.32 Å². The summed E-state index contributed by atoms with van der Waals surface area (Å²) in [5, 5.41) is 11.1. The van der Waals surface area contributed by atoms with Gasteiger partial charge in [-0.2, -0.15) is 5.26 Å². The van der Waals surface area contributed by atoms with Crippen LogP contribution >= 0.6 is 0 Å². The van der Waals surface area contributed by atoms with Gasteiger partial charge in [-0.05, 0) is 0 Å². The van der Waals surface area contributed by atoms with Crippen LogP contribution in [0.4, 0.5) is 0 Å². The SMILES string of the molecule is N#CC1(N)CNC1. The molecule has 1 rings (SSSR count). The molecule has 0 amide bonds. The average molecular weight is 97.1 g/mol. The summed E-state index contributed by atoms with van der Waals surface area (Å²) < 4.78 is 0. The van der Waals surface area contributed by atoms with Gasteiger partial charge in [0.15, 0.2) is 0 Å². The molecule has 0 saturated carbocycles. The molecular weight excluding hydrogens is 90.1 g/mol. The summed E-state index contributed by atoms with van der Waals surface area (Å²) in [5.41, 5.74) is 4.84. The Hall–Kier alpha value is -0.590. The summed E-state index contributed by atoms with van der Waals surface area (Å²) in [6.07, 6.45) is 0. The molecule has 0 aromatic carbocycles. The Kier molecular flexibility index (Phi) is 0.775. The maximum absolute atomic E-state index is 8.23. The van der Waals surface area contributed by atoms with Crippen molar-refractivity contribution in [2.45, 2.75) is 5.54 Å². The monoisotopic (exact) mass is 97.1 g/mol. The molecule has 38 valence electrons. The molecule has 3 heteroatoms. The van der Waals surface area contributed by atoms with E-state index in [0.717, 1.165) is 0 Å². The molecule has 0 bridgehead atoms. The average Bonchev–Trinajstić information content (AvgIpc) is 1.61. The van der Waals surface area contributed by atoms with Gasteiger partial charge in [-0.3, -0.25) is 0 Å². The van der Waals surface area contributed by atoms with Crippen molar-refractivity contribution in [2.24, 2.45) is 5.73 Å². The first kappa shape index (κ1) is 4.57. The van der Waals surface area contributed by atoms with Crippen molar-refractivity contribution in [3.05, 3.63) is 0 Å². The van der Waals surface area contributed by atoms with Gasteiger partial charge in [0.2, 0.25) is 0 Å². The lowest BCUT2D eigenvalue weighted by molar-refractivity contribution is 0.358. The fourth-order valence-corrected chi connectivity index (χ4v) is 0.473. The second kappa shape index (κ2) is 1.19. The van der Waals surface area contributed by atoms with E-state index >= 15 is 0 Å².